The van der Waals surface area contributed by atoms with Crippen LogP contribution < -0.4 is 11.2 Å². The second-order valence-electron chi connectivity index (χ2n) is 2.84. The summed E-state index contributed by atoms with van der Waals surface area (Å²) in [5.74, 6) is 0.510. The van der Waals surface area contributed by atoms with E-state index in [0.717, 1.165) is 4.88 Å². The molecule has 0 aliphatic heterocycles. The van der Waals surface area contributed by atoms with Crippen molar-refractivity contribution >= 4 is 29.2 Å². The van der Waals surface area contributed by atoms with Gasteiger partial charge in [-0.1, -0.05) is 0 Å². The van der Waals surface area contributed by atoms with Crippen LogP contribution in [0.1, 0.15) is 10.4 Å². The number of aryl methyl sites for hydroxylation is 1. The fraction of sp³-hybridized carbons (Fsp3) is 0.125. The third kappa shape index (κ3) is 2.13. The Hall–Kier alpha value is -1.89. The molecule has 2 rings (SSSR count). The summed E-state index contributed by atoms with van der Waals surface area (Å²) in [7, 11) is 0. The molecule has 2 heterocycles. The Morgan fingerprint density at radius 3 is 3.07 bits per heavy atom. The van der Waals surface area contributed by atoms with Crippen molar-refractivity contribution in [3.8, 4) is 0 Å². The number of thiophene rings is 1. The van der Waals surface area contributed by atoms with Gasteiger partial charge in [0, 0.05) is 4.88 Å². The molecule has 0 atom stereocenters. The largest absolute Gasteiger partial charge is 0.378 e. The molecule has 0 bridgehead atoms. The number of nitrogen functional groups attached to an aromatic ring is 1. The van der Waals surface area contributed by atoms with E-state index in [1.807, 2.05) is 18.4 Å². The van der Waals surface area contributed by atoms with Crippen LogP contribution in [0.25, 0.3) is 0 Å². The highest BCUT2D eigenvalue weighted by atomic mass is 32.1. The molecular formula is C8H9N5OS. The number of aromatic nitrogens is 2. The number of nitrogens with two attached hydrogens (primary N) is 1. The van der Waals surface area contributed by atoms with Gasteiger partial charge in [0.15, 0.2) is 0 Å². The predicted octanol–water partition coefficient (Wildman–Crippen LogP) is 1.47. The van der Waals surface area contributed by atoms with Crippen molar-refractivity contribution in [1.29, 1.82) is 0 Å². The maximum atomic E-state index is 5.43. The van der Waals surface area contributed by atoms with Crippen LogP contribution in [-0.2, 0) is 0 Å². The molecule has 0 spiro atoms. The molecule has 0 saturated heterocycles. The lowest BCUT2D eigenvalue weighted by molar-refractivity contribution is 0.310. The average Bonchev–Trinajstić information content (AvgIpc) is 2.78. The van der Waals surface area contributed by atoms with Gasteiger partial charge in [-0.25, -0.2) is 4.63 Å². The van der Waals surface area contributed by atoms with E-state index in [9.17, 15) is 0 Å². The number of hydrogen-bond acceptors (Lipinski definition) is 7. The fourth-order valence-electron chi connectivity index (χ4n) is 0.942. The molecule has 2 aromatic rings. The molecule has 0 aliphatic carbocycles. The lowest BCUT2D eigenvalue weighted by Gasteiger charge is -1.92. The molecule has 3 N–H and O–H groups in total. The van der Waals surface area contributed by atoms with Crippen LogP contribution in [0.2, 0.25) is 0 Å². The lowest BCUT2D eigenvalue weighted by atomic mass is 10.3. The highest BCUT2D eigenvalue weighted by Crippen LogP contribution is 2.13. The quantitative estimate of drug-likeness (QED) is 0.607. The Morgan fingerprint density at radius 1 is 1.60 bits per heavy atom. The monoisotopic (exact) mass is 223 g/mol. The maximum absolute atomic E-state index is 5.43. The molecule has 0 fully saturated rings. The van der Waals surface area contributed by atoms with Gasteiger partial charge in [0.2, 0.25) is 11.6 Å². The molecule has 2 aromatic heterocycles. The summed E-state index contributed by atoms with van der Waals surface area (Å²) >= 11 is 1.61. The first kappa shape index (κ1) is 9.66. The van der Waals surface area contributed by atoms with Crippen LogP contribution in [0, 0.1) is 6.92 Å². The van der Waals surface area contributed by atoms with Crippen molar-refractivity contribution in [3.05, 3.63) is 21.9 Å². The molecule has 0 unspecified atom stereocenters. The third-order valence-corrected chi connectivity index (χ3v) is 2.72. The van der Waals surface area contributed by atoms with Crippen LogP contribution in [-0.4, -0.2) is 16.5 Å². The van der Waals surface area contributed by atoms with Crippen molar-refractivity contribution in [2.45, 2.75) is 6.92 Å². The van der Waals surface area contributed by atoms with Crippen LogP contribution in [0.15, 0.2) is 21.2 Å². The summed E-state index contributed by atoms with van der Waals surface area (Å²) in [6, 6.07) is 2.03. The van der Waals surface area contributed by atoms with Gasteiger partial charge in [0.05, 0.1) is 6.21 Å². The van der Waals surface area contributed by atoms with E-state index in [2.05, 4.69) is 25.5 Å². The summed E-state index contributed by atoms with van der Waals surface area (Å²) < 4.78 is 4.40. The minimum Gasteiger partial charge on any atom is -0.378 e. The standard InChI is InChI=1S/C8H9N5OS/c1-5-2-3-15-6(5)4-10-11-8-7(9)12-14-13-8/h2-4H,1H3,(H2,9,12)(H,11,13)/b10-4+. The van der Waals surface area contributed by atoms with Crippen molar-refractivity contribution in [2.24, 2.45) is 5.10 Å². The van der Waals surface area contributed by atoms with E-state index in [1.54, 1.807) is 17.6 Å². The predicted molar refractivity (Wildman–Crippen MR) is 59.0 cm³/mol. The Balaban J connectivity index is 2.02. The van der Waals surface area contributed by atoms with Gasteiger partial charge >= 0.3 is 0 Å². The lowest BCUT2D eigenvalue weighted by Crippen LogP contribution is -1.95. The smallest absolute Gasteiger partial charge is 0.235 e. The van der Waals surface area contributed by atoms with E-state index in [-0.39, 0.29) is 5.82 Å². The van der Waals surface area contributed by atoms with Crippen molar-refractivity contribution in [1.82, 2.24) is 10.3 Å². The summed E-state index contributed by atoms with van der Waals surface area (Å²) in [4.78, 5) is 1.08. The number of anilines is 2. The molecule has 7 heteroatoms. The normalized spacial score (nSPS) is 11.0. The number of rotatable bonds is 3. The zero-order valence-corrected chi connectivity index (χ0v) is 8.78. The Bertz CT molecular complexity index is 475. The Kier molecular flexibility index (Phi) is 2.64. The SMILES string of the molecule is Cc1ccsc1/C=N/Nc1nonc1N. The van der Waals surface area contributed by atoms with Crippen LogP contribution in [0.4, 0.5) is 11.6 Å². The zero-order valence-electron chi connectivity index (χ0n) is 7.97. The zero-order chi connectivity index (χ0) is 10.7. The topological polar surface area (TPSA) is 89.3 Å². The molecule has 0 aliphatic rings. The maximum Gasteiger partial charge on any atom is 0.235 e. The summed E-state index contributed by atoms with van der Waals surface area (Å²) in [6.45, 7) is 2.02. The van der Waals surface area contributed by atoms with Gasteiger partial charge in [0.1, 0.15) is 0 Å². The second kappa shape index (κ2) is 4.09. The van der Waals surface area contributed by atoms with Gasteiger partial charge in [-0.05, 0) is 34.2 Å². The first-order chi connectivity index (χ1) is 7.27. The molecule has 0 saturated carbocycles. The third-order valence-electron chi connectivity index (χ3n) is 1.77. The van der Waals surface area contributed by atoms with E-state index in [1.165, 1.54) is 5.56 Å². The van der Waals surface area contributed by atoms with Crippen LogP contribution in [0.5, 0.6) is 0 Å². The van der Waals surface area contributed by atoms with Gasteiger partial charge in [-0.15, -0.1) is 11.3 Å². The summed E-state index contributed by atoms with van der Waals surface area (Å²) in [5, 5.41) is 12.9. The van der Waals surface area contributed by atoms with Gasteiger partial charge in [-0.2, -0.15) is 5.10 Å². The van der Waals surface area contributed by atoms with E-state index in [4.69, 9.17) is 5.73 Å². The molecule has 78 valence electrons. The average molecular weight is 223 g/mol. The minimum absolute atomic E-state index is 0.190. The molecule has 6 nitrogen and oxygen atoms in total. The Morgan fingerprint density at radius 2 is 2.47 bits per heavy atom. The number of nitrogens with zero attached hydrogens (tertiary/aromatic N) is 3. The van der Waals surface area contributed by atoms with Gasteiger partial charge in [0.25, 0.3) is 0 Å². The van der Waals surface area contributed by atoms with Gasteiger partial charge < -0.3 is 5.73 Å². The van der Waals surface area contributed by atoms with Gasteiger partial charge in [-0.3, -0.25) is 5.43 Å². The molecule has 0 radical (unpaired) electrons. The molecule has 15 heavy (non-hydrogen) atoms. The Labute approximate surface area is 89.8 Å². The van der Waals surface area contributed by atoms with E-state index in [0.29, 0.717) is 5.82 Å². The van der Waals surface area contributed by atoms with Crippen LogP contribution in [0.3, 0.4) is 0 Å². The van der Waals surface area contributed by atoms with E-state index < -0.39 is 0 Å². The number of hydrazone groups is 1. The van der Waals surface area contributed by atoms with Crippen molar-refractivity contribution in [3.63, 3.8) is 0 Å². The highest BCUT2D eigenvalue weighted by Gasteiger charge is 2.02. The number of nitrogens with one attached hydrogen (secondary N) is 1. The highest BCUT2D eigenvalue weighted by molar-refractivity contribution is 7.11. The summed E-state index contributed by atoms with van der Waals surface area (Å²) in [5.41, 5.74) is 9.25. The molecular weight excluding hydrogens is 214 g/mol. The van der Waals surface area contributed by atoms with Crippen molar-refractivity contribution < 1.29 is 4.63 Å². The fourth-order valence-corrected chi connectivity index (χ4v) is 1.73. The molecule has 0 aromatic carbocycles. The number of hydrogen-bond donors (Lipinski definition) is 2. The molecule has 0 amide bonds. The second-order valence-corrected chi connectivity index (χ2v) is 3.78. The minimum atomic E-state index is 0.190. The van der Waals surface area contributed by atoms with Crippen molar-refractivity contribution in [2.75, 3.05) is 11.2 Å². The van der Waals surface area contributed by atoms with E-state index >= 15 is 0 Å². The van der Waals surface area contributed by atoms with Crippen LogP contribution >= 0.6 is 11.3 Å². The first-order valence-electron chi connectivity index (χ1n) is 4.18. The first-order valence-corrected chi connectivity index (χ1v) is 5.06. The summed E-state index contributed by atoms with van der Waals surface area (Å²) in [6.07, 6.45) is 1.70.